The summed E-state index contributed by atoms with van der Waals surface area (Å²) in [6.07, 6.45) is 1.41. The van der Waals surface area contributed by atoms with Crippen molar-refractivity contribution in [2.24, 2.45) is 0 Å². The van der Waals surface area contributed by atoms with Gasteiger partial charge in [-0.05, 0) is 52.9 Å². The Morgan fingerprint density at radius 2 is 1.73 bits per heavy atom. The van der Waals surface area contributed by atoms with E-state index in [1.807, 2.05) is 20.8 Å². The number of aromatic carboxylic acids is 1. The number of nitriles is 1. The quantitative estimate of drug-likeness (QED) is 0.315. The highest BCUT2D eigenvalue weighted by molar-refractivity contribution is 7.92. The lowest BCUT2D eigenvalue weighted by atomic mass is 9.87. The highest BCUT2D eigenvalue weighted by Gasteiger charge is 2.24. The van der Waals surface area contributed by atoms with Crippen LogP contribution in [0.2, 0.25) is 0 Å². The summed E-state index contributed by atoms with van der Waals surface area (Å²) < 4.78 is 44.5. The van der Waals surface area contributed by atoms with Gasteiger partial charge in [-0.25, -0.2) is 17.6 Å². The molecule has 7 nitrogen and oxygen atoms in total. The highest BCUT2D eigenvalue weighted by Crippen LogP contribution is 2.38. The van der Waals surface area contributed by atoms with Gasteiger partial charge in [0.05, 0.1) is 27.2 Å². The van der Waals surface area contributed by atoms with Crippen molar-refractivity contribution in [1.29, 1.82) is 5.26 Å². The number of carboxylic acid groups (broad SMARTS) is 1. The van der Waals surface area contributed by atoms with Crippen molar-refractivity contribution in [2.45, 2.75) is 31.1 Å². The Morgan fingerprint density at radius 3 is 2.32 bits per heavy atom. The maximum atomic E-state index is 15.6. The van der Waals surface area contributed by atoms with Gasteiger partial charge in [0, 0.05) is 17.1 Å². The summed E-state index contributed by atoms with van der Waals surface area (Å²) in [6, 6.07) is 16.4. The third-order valence-electron chi connectivity index (χ3n) is 5.81. The van der Waals surface area contributed by atoms with Gasteiger partial charge in [-0.2, -0.15) is 5.26 Å². The van der Waals surface area contributed by atoms with Gasteiger partial charge in [0.2, 0.25) is 0 Å². The second kappa shape index (κ2) is 10.2. The molecule has 0 atom stereocenters. The lowest BCUT2D eigenvalue weighted by Crippen LogP contribution is -2.16. The van der Waals surface area contributed by atoms with Crippen LogP contribution in [0.1, 0.15) is 42.3 Å². The third-order valence-corrected chi connectivity index (χ3v) is 7.19. The van der Waals surface area contributed by atoms with Crippen LogP contribution in [0.4, 0.5) is 10.1 Å². The number of fused-ring (bicyclic) bond motifs is 1. The summed E-state index contributed by atoms with van der Waals surface area (Å²) >= 11 is 0. The molecular formula is C27H23ClFN3O4S. The van der Waals surface area contributed by atoms with Crippen molar-refractivity contribution in [3.63, 3.8) is 0 Å². The number of benzene rings is 3. The minimum atomic E-state index is -4.13. The molecule has 0 aliphatic heterocycles. The predicted molar refractivity (Wildman–Crippen MR) is 142 cm³/mol. The smallest absolute Gasteiger partial charge is 0.337 e. The normalized spacial score (nSPS) is 11.4. The van der Waals surface area contributed by atoms with E-state index in [9.17, 15) is 23.6 Å². The fraction of sp³-hybridized carbons (Fsp3) is 0.148. The van der Waals surface area contributed by atoms with Gasteiger partial charge in [-0.3, -0.25) is 9.71 Å². The molecule has 190 valence electrons. The second-order valence-corrected chi connectivity index (χ2v) is 10.9. The van der Waals surface area contributed by atoms with Crippen molar-refractivity contribution < 1.29 is 22.7 Å². The molecule has 0 radical (unpaired) electrons. The van der Waals surface area contributed by atoms with E-state index in [-0.39, 0.29) is 56.2 Å². The number of hydrogen-bond acceptors (Lipinski definition) is 5. The summed E-state index contributed by atoms with van der Waals surface area (Å²) in [5, 5.41) is 19.2. The van der Waals surface area contributed by atoms with Gasteiger partial charge >= 0.3 is 5.97 Å². The number of nitrogens with zero attached hydrogens (tertiary/aromatic N) is 2. The third kappa shape index (κ3) is 5.26. The topological polar surface area (TPSA) is 120 Å². The Kier molecular flexibility index (Phi) is 7.58. The van der Waals surface area contributed by atoms with Crippen molar-refractivity contribution in [3.8, 4) is 17.2 Å². The molecule has 0 spiro atoms. The van der Waals surface area contributed by atoms with E-state index in [0.29, 0.717) is 5.39 Å². The first kappa shape index (κ1) is 27.6. The molecule has 0 saturated carbocycles. The Bertz CT molecular complexity index is 1660. The molecule has 0 aliphatic rings. The number of pyridine rings is 1. The average molecular weight is 540 g/mol. The molecule has 4 aromatic rings. The van der Waals surface area contributed by atoms with Crippen molar-refractivity contribution in [1.82, 2.24) is 4.98 Å². The molecule has 0 unspecified atom stereocenters. The number of rotatable bonds is 5. The molecule has 0 fully saturated rings. The lowest BCUT2D eigenvalue weighted by Gasteiger charge is -2.20. The summed E-state index contributed by atoms with van der Waals surface area (Å²) in [6.45, 7) is 6.03. The molecule has 0 aliphatic carbocycles. The van der Waals surface area contributed by atoms with Gasteiger partial charge in [0.25, 0.3) is 10.0 Å². The molecule has 1 heterocycles. The first-order valence-corrected chi connectivity index (χ1v) is 12.4. The van der Waals surface area contributed by atoms with Crippen LogP contribution in [0.15, 0.2) is 71.8 Å². The van der Waals surface area contributed by atoms with Crippen LogP contribution in [0.5, 0.6) is 0 Å². The molecule has 4 rings (SSSR count). The van der Waals surface area contributed by atoms with Crippen LogP contribution in [0.3, 0.4) is 0 Å². The molecule has 0 amide bonds. The first-order chi connectivity index (χ1) is 16.9. The van der Waals surface area contributed by atoms with Gasteiger partial charge < -0.3 is 5.11 Å². The monoisotopic (exact) mass is 539 g/mol. The number of sulfonamides is 1. The zero-order chi connectivity index (χ0) is 26.3. The van der Waals surface area contributed by atoms with E-state index in [1.165, 1.54) is 42.6 Å². The number of carboxylic acids is 1. The van der Waals surface area contributed by atoms with Gasteiger partial charge in [-0.1, -0.05) is 45.0 Å². The van der Waals surface area contributed by atoms with Crippen LogP contribution in [0, 0.1) is 17.1 Å². The fourth-order valence-corrected chi connectivity index (χ4v) is 4.98. The summed E-state index contributed by atoms with van der Waals surface area (Å²) in [4.78, 5) is 15.8. The van der Waals surface area contributed by atoms with Crippen molar-refractivity contribution >= 4 is 45.0 Å². The van der Waals surface area contributed by atoms with Crippen LogP contribution in [0.25, 0.3) is 22.0 Å². The molecule has 3 aromatic carbocycles. The number of carbonyl (C=O) groups is 1. The minimum absolute atomic E-state index is 0. The standard InChI is InChI=1S/C27H22FN3O4S.ClH/c1-27(2,3)17-7-9-18(10-8-17)36(34,35)31-22-13-6-16(15-29)24(28)23(22)19-11-12-21(26(32)33)25-20(19)5-4-14-30-25;/h4-14,31H,1-3H3,(H,32,33);1H. The number of halogens is 2. The zero-order valence-electron chi connectivity index (χ0n) is 20.1. The molecule has 0 bridgehead atoms. The summed E-state index contributed by atoms with van der Waals surface area (Å²) in [5.41, 5.74) is 0.419. The van der Waals surface area contributed by atoms with E-state index in [0.717, 1.165) is 5.56 Å². The van der Waals surface area contributed by atoms with Crippen LogP contribution < -0.4 is 4.72 Å². The first-order valence-electron chi connectivity index (χ1n) is 10.9. The van der Waals surface area contributed by atoms with Crippen LogP contribution in [-0.2, 0) is 15.4 Å². The van der Waals surface area contributed by atoms with E-state index < -0.39 is 21.8 Å². The van der Waals surface area contributed by atoms with E-state index in [4.69, 9.17) is 0 Å². The number of nitrogens with one attached hydrogen (secondary N) is 1. The van der Waals surface area contributed by atoms with Gasteiger partial charge in [0.1, 0.15) is 6.07 Å². The highest BCUT2D eigenvalue weighted by atomic mass is 35.5. The Labute approximate surface area is 220 Å². The SMILES string of the molecule is CC(C)(C)c1ccc(S(=O)(=O)Nc2ccc(C#N)c(F)c2-c2ccc(C(=O)O)c3ncccc23)cc1.Cl. The van der Waals surface area contributed by atoms with Crippen molar-refractivity contribution in [3.05, 3.63) is 89.4 Å². The van der Waals surface area contributed by atoms with Gasteiger partial charge in [0.15, 0.2) is 5.82 Å². The second-order valence-electron chi connectivity index (χ2n) is 9.21. The Morgan fingerprint density at radius 1 is 1.05 bits per heavy atom. The fourth-order valence-electron chi connectivity index (χ4n) is 3.91. The maximum Gasteiger partial charge on any atom is 0.337 e. The Balaban J connectivity index is 0.00000380. The van der Waals surface area contributed by atoms with E-state index >= 15 is 4.39 Å². The van der Waals surface area contributed by atoms with Gasteiger partial charge in [-0.15, -0.1) is 12.4 Å². The van der Waals surface area contributed by atoms with E-state index in [2.05, 4.69) is 9.71 Å². The zero-order valence-corrected chi connectivity index (χ0v) is 21.7. The average Bonchev–Trinajstić information content (AvgIpc) is 2.83. The molecule has 10 heteroatoms. The molecule has 1 aromatic heterocycles. The Hall–Kier alpha value is -4.00. The predicted octanol–water partition coefficient (Wildman–Crippen LogP) is 6.13. The van der Waals surface area contributed by atoms with E-state index in [1.54, 1.807) is 30.3 Å². The van der Waals surface area contributed by atoms with Crippen LogP contribution in [-0.4, -0.2) is 24.5 Å². The number of anilines is 1. The molecule has 2 N–H and O–H groups in total. The molecular weight excluding hydrogens is 517 g/mol. The van der Waals surface area contributed by atoms with Crippen molar-refractivity contribution in [2.75, 3.05) is 4.72 Å². The number of aromatic nitrogens is 1. The molecule has 0 saturated heterocycles. The maximum absolute atomic E-state index is 15.6. The number of hydrogen-bond donors (Lipinski definition) is 2. The summed E-state index contributed by atoms with van der Waals surface area (Å²) in [7, 11) is -4.13. The largest absolute Gasteiger partial charge is 0.478 e. The summed E-state index contributed by atoms with van der Waals surface area (Å²) in [5.74, 6) is -2.15. The molecule has 37 heavy (non-hydrogen) atoms. The minimum Gasteiger partial charge on any atom is -0.478 e. The van der Waals surface area contributed by atoms with Crippen LogP contribution >= 0.6 is 12.4 Å². The lowest BCUT2D eigenvalue weighted by molar-refractivity contribution is 0.0699.